The van der Waals surface area contributed by atoms with E-state index in [2.05, 4.69) is 20.6 Å². The van der Waals surface area contributed by atoms with E-state index in [0.29, 0.717) is 23.9 Å². The minimum absolute atomic E-state index is 0.183. The molecule has 1 aromatic carbocycles. The summed E-state index contributed by atoms with van der Waals surface area (Å²) in [6.45, 7) is 1.98. The lowest BCUT2D eigenvalue weighted by molar-refractivity contribution is 0.449. The molecule has 0 radical (unpaired) electrons. The van der Waals surface area contributed by atoms with Gasteiger partial charge in [-0.25, -0.2) is 23.1 Å². The quantitative estimate of drug-likeness (QED) is 0.827. The summed E-state index contributed by atoms with van der Waals surface area (Å²) in [6, 6.07) is 3.53. The zero-order valence-corrected chi connectivity index (χ0v) is 11.7. The van der Waals surface area contributed by atoms with E-state index in [0.717, 1.165) is 18.6 Å². The van der Waals surface area contributed by atoms with Crippen LogP contribution in [0.15, 0.2) is 18.2 Å². The minimum Gasteiger partial charge on any atom is -0.373 e. The van der Waals surface area contributed by atoms with Gasteiger partial charge in [0.05, 0.1) is 5.69 Å². The highest BCUT2D eigenvalue weighted by Crippen LogP contribution is 2.23. The van der Waals surface area contributed by atoms with Crippen molar-refractivity contribution in [3.05, 3.63) is 41.5 Å². The van der Waals surface area contributed by atoms with Gasteiger partial charge in [0, 0.05) is 19.5 Å². The zero-order valence-electron chi connectivity index (χ0n) is 11.7. The number of aryl methyl sites for hydroxylation is 1. The third kappa shape index (κ3) is 3.42. The van der Waals surface area contributed by atoms with Gasteiger partial charge < -0.3 is 10.6 Å². The first-order valence-corrected chi connectivity index (χ1v) is 6.51. The summed E-state index contributed by atoms with van der Waals surface area (Å²) in [5.41, 5.74) is -0.183. The number of nitrogens with zero attached hydrogens (tertiary/aromatic N) is 2. The molecule has 1 heterocycles. The summed E-state index contributed by atoms with van der Waals surface area (Å²) < 4.78 is 39.8. The normalized spacial score (nSPS) is 10.5. The molecule has 0 aliphatic heterocycles. The standard InChI is InChI=1S/C14H15F3N4/c1-3-4-10-20-11(18-2)7-12(21-10)19-9-6-5-8(15)13(16)14(9)17/h5-7H,3-4H2,1-2H3,(H2,18,19,20,21). The molecule has 0 saturated heterocycles. The van der Waals surface area contributed by atoms with Gasteiger partial charge in [-0.1, -0.05) is 6.92 Å². The molecule has 1 aromatic heterocycles. The fraction of sp³-hybridized carbons (Fsp3) is 0.286. The average Bonchev–Trinajstić information content (AvgIpc) is 2.48. The molecule has 0 fully saturated rings. The molecule has 2 N–H and O–H groups in total. The van der Waals surface area contributed by atoms with Crippen LogP contribution < -0.4 is 10.6 Å². The molecule has 0 unspecified atom stereocenters. The maximum absolute atomic E-state index is 13.6. The maximum atomic E-state index is 13.6. The van der Waals surface area contributed by atoms with Crippen LogP contribution in [0.4, 0.5) is 30.5 Å². The van der Waals surface area contributed by atoms with Gasteiger partial charge in [0.2, 0.25) is 0 Å². The van der Waals surface area contributed by atoms with Crippen molar-refractivity contribution >= 4 is 17.3 Å². The molecule has 2 aromatic rings. The van der Waals surface area contributed by atoms with Crippen LogP contribution >= 0.6 is 0 Å². The SMILES string of the molecule is CCCc1nc(NC)cc(Nc2ccc(F)c(F)c2F)n1. The third-order valence-corrected chi connectivity index (χ3v) is 2.80. The van der Waals surface area contributed by atoms with E-state index in [-0.39, 0.29) is 5.69 Å². The Kier molecular flexibility index (Phi) is 4.62. The summed E-state index contributed by atoms with van der Waals surface area (Å²) in [4.78, 5) is 8.46. The molecular weight excluding hydrogens is 281 g/mol. The van der Waals surface area contributed by atoms with Gasteiger partial charge in [-0.15, -0.1) is 0 Å². The van der Waals surface area contributed by atoms with Crippen molar-refractivity contribution in [2.45, 2.75) is 19.8 Å². The van der Waals surface area contributed by atoms with Crippen molar-refractivity contribution in [2.75, 3.05) is 17.7 Å². The summed E-state index contributed by atoms with van der Waals surface area (Å²) >= 11 is 0. The highest BCUT2D eigenvalue weighted by Gasteiger charge is 2.14. The largest absolute Gasteiger partial charge is 0.373 e. The highest BCUT2D eigenvalue weighted by atomic mass is 19.2. The van der Waals surface area contributed by atoms with Crippen LogP contribution in [-0.2, 0) is 6.42 Å². The number of hydrogen-bond donors (Lipinski definition) is 2. The average molecular weight is 296 g/mol. The highest BCUT2D eigenvalue weighted by molar-refractivity contribution is 5.59. The fourth-order valence-corrected chi connectivity index (χ4v) is 1.79. The topological polar surface area (TPSA) is 49.8 Å². The zero-order chi connectivity index (χ0) is 15.4. The van der Waals surface area contributed by atoms with Crippen molar-refractivity contribution in [3.8, 4) is 0 Å². The number of halogens is 3. The molecule has 7 heteroatoms. The molecule has 0 aliphatic carbocycles. The molecule has 0 bridgehead atoms. The number of benzene rings is 1. The summed E-state index contributed by atoms with van der Waals surface area (Å²) in [5.74, 6) is -2.59. The fourth-order valence-electron chi connectivity index (χ4n) is 1.79. The molecule has 0 amide bonds. The van der Waals surface area contributed by atoms with Crippen molar-refractivity contribution < 1.29 is 13.2 Å². The van der Waals surface area contributed by atoms with E-state index in [1.807, 2.05) is 6.92 Å². The number of nitrogens with one attached hydrogen (secondary N) is 2. The van der Waals surface area contributed by atoms with Crippen molar-refractivity contribution in [3.63, 3.8) is 0 Å². The van der Waals surface area contributed by atoms with E-state index >= 15 is 0 Å². The van der Waals surface area contributed by atoms with E-state index in [1.165, 1.54) is 0 Å². The first-order valence-electron chi connectivity index (χ1n) is 6.51. The monoisotopic (exact) mass is 296 g/mol. The number of hydrogen-bond acceptors (Lipinski definition) is 4. The lowest BCUT2D eigenvalue weighted by Crippen LogP contribution is -2.05. The van der Waals surface area contributed by atoms with Crippen LogP contribution in [0.3, 0.4) is 0 Å². The van der Waals surface area contributed by atoms with Crippen LogP contribution in [0.1, 0.15) is 19.2 Å². The van der Waals surface area contributed by atoms with E-state index in [9.17, 15) is 13.2 Å². The Balaban J connectivity index is 2.34. The van der Waals surface area contributed by atoms with Crippen molar-refractivity contribution in [2.24, 2.45) is 0 Å². The van der Waals surface area contributed by atoms with Gasteiger partial charge in [-0.2, -0.15) is 0 Å². The molecular formula is C14H15F3N4. The third-order valence-electron chi connectivity index (χ3n) is 2.80. The van der Waals surface area contributed by atoms with Gasteiger partial charge in [0.1, 0.15) is 17.5 Å². The van der Waals surface area contributed by atoms with E-state index in [1.54, 1.807) is 13.1 Å². The second-order valence-electron chi connectivity index (χ2n) is 4.40. The van der Waals surface area contributed by atoms with Crippen LogP contribution in [0, 0.1) is 17.5 Å². The first-order chi connectivity index (χ1) is 10.0. The molecule has 21 heavy (non-hydrogen) atoms. The molecule has 0 spiro atoms. The Morgan fingerprint density at radius 3 is 2.43 bits per heavy atom. The second-order valence-corrected chi connectivity index (χ2v) is 4.40. The predicted molar refractivity (Wildman–Crippen MR) is 75.2 cm³/mol. The summed E-state index contributed by atoms with van der Waals surface area (Å²) in [7, 11) is 1.69. The van der Waals surface area contributed by atoms with Gasteiger partial charge in [-0.3, -0.25) is 0 Å². The Morgan fingerprint density at radius 1 is 1.05 bits per heavy atom. The molecule has 112 valence electrons. The molecule has 0 aliphatic rings. The van der Waals surface area contributed by atoms with Crippen molar-refractivity contribution in [1.29, 1.82) is 0 Å². The van der Waals surface area contributed by atoms with E-state index in [4.69, 9.17) is 0 Å². The Morgan fingerprint density at radius 2 is 1.76 bits per heavy atom. The smallest absolute Gasteiger partial charge is 0.196 e. The van der Waals surface area contributed by atoms with Crippen molar-refractivity contribution in [1.82, 2.24) is 9.97 Å². The lowest BCUT2D eigenvalue weighted by Gasteiger charge is -2.10. The van der Waals surface area contributed by atoms with Gasteiger partial charge in [-0.05, 0) is 18.6 Å². The van der Waals surface area contributed by atoms with E-state index < -0.39 is 17.5 Å². The van der Waals surface area contributed by atoms with Crippen LogP contribution in [-0.4, -0.2) is 17.0 Å². The first kappa shape index (κ1) is 15.1. The van der Waals surface area contributed by atoms with Crippen LogP contribution in [0.5, 0.6) is 0 Å². The Bertz CT molecular complexity index is 646. The maximum Gasteiger partial charge on any atom is 0.196 e. The number of aromatic nitrogens is 2. The number of anilines is 3. The van der Waals surface area contributed by atoms with Gasteiger partial charge in [0.15, 0.2) is 17.5 Å². The molecule has 2 rings (SSSR count). The molecule has 0 atom stereocenters. The van der Waals surface area contributed by atoms with Gasteiger partial charge in [0.25, 0.3) is 0 Å². The number of rotatable bonds is 5. The lowest BCUT2D eigenvalue weighted by atomic mass is 10.2. The molecule has 0 saturated carbocycles. The Labute approximate surface area is 120 Å². The van der Waals surface area contributed by atoms with Crippen LogP contribution in [0.25, 0.3) is 0 Å². The second kappa shape index (κ2) is 6.43. The minimum atomic E-state index is -1.52. The van der Waals surface area contributed by atoms with Crippen LogP contribution in [0.2, 0.25) is 0 Å². The van der Waals surface area contributed by atoms with Gasteiger partial charge >= 0.3 is 0 Å². The summed E-state index contributed by atoms with van der Waals surface area (Å²) in [5, 5.41) is 5.51. The Hall–Kier alpha value is -2.31. The predicted octanol–water partition coefficient (Wildman–Crippen LogP) is 3.63. The molecule has 4 nitrogen and oxygen atoms in total. The summed E-state index contributed by atoms with van der Waals surface area (Å²) in [6.07, 6.45) is 1.51.